The van der Waals surface area contributed by atoms with Gasteiger partial charge >= 0.3 is 11.7 Å². The number of ether oxygens (including phenoxy) is 1. The Morgan fingerprint density at radius 2 is 1.72 bits per heavy atom. The molecule has 3 aliphatic heterocycles. The Labute approximate surface area is 392 Å². The minimum Gasteiger partial charge on any atom is -0.463 e. The highest BCUT2D eigenvalue weighted by molar-refractivity contribution is 6.02. The first-order chi connectivity index (χ1) is 32.7. The number of aryl methyl sites for hydroxylation is 1. The predicted octanol–water partition coefficient (Wildman–Crippen LogP) is 7.69. The van der Waals surface area contributed by atoms with Crippen LogP contribution in [0, 0.1) is 34.8 Å². The maximum absolute atomic E-state index is 17.1. The number of aliphatic hydroxyl groups is 1. The van der Waals surface area contributed by atoms with Crippen molar-refractivity contribution < 1.29 is 28.2 Å². The van der Waals surface area contributed by atoms with Crippen LogP contribution < -0.4 is 20.6 Å². The van der Waals surface area contributed by atoms with Gasteiger partial charge in [0.2, 0.25) is 11.8 Å². The predicted molar refractivity (Wildman–Crippen MR) is 255 cm³/mol. The number of carbonyl (C=O) groups is 2. The van der Waals surface area contributed by atoms with E-state index in [1.54, 1.807) is 53.6 Å². The number of rotatable bonds is 9. The number of benzene rings is 3. The number of nitrogens with one attached hydrogen (secondary N) is 1. The van der Waals surface area contributed by atoms with Gasteiger partial charge in [0.15, 0.2) is 5.82 Å². The van der Waals surface area contributed by atoms with Gasteiger partial charge in [-0.15, -0.1) is 6.42 Å². The van der Waals surface area contributed by atoms with E-state index in [0.717, 1.165) is 94.0 Å². The summed E-state index contributed by atoms with van der Waals surface area (Å²) >= 11 is 0. The van der Waals surface area contributed by atoms with Crippen molar-refractivity contribution in [2.24, 2.45) is 17.9 Å². The first-order valence-corrected chi connectivity index (χ1v) is 24.2. The van der Waals surface area contributed by atoms with Crippen LogP contribution >= 0.6 is 0 Å². The topological polar surface area (TPSA) is 148 Å². The fraction of sp³-hybridized carbons (Fsp3) is 0.472. The minimum absolute atomic E-state index is 0.00695. The van der Waals surface area contributed by atoms with Crippen LogP contribution in [-0.2, 0) is 16.6 Å². The van der Waals surface area contributed by atoms with Crippen molar-refractivity contribution >= 4 is 50.3 Å². The molecular weight excluding hydrogens is 867 g/mol. The molecule has 15 heteroatoms. The van der Waals surface area contributed by atoms with Crippen LogP contribution in [0.15, 0.2) is 59.5 Å². The number of piperidine rings is 3. The van der Waals surface area contributed by atoms with Crippen LogP contribution in [0.4, 0.5) is 14.6 Å². The number of carbonyl (C=O) groups excluding carboxylic acids is 2. The van der Waals surface area contributed by atoms with Gasteiger partial charge in [-0.05, 0) is 125 Å². The lowest BCUT2D eigenvalue weighted by Crippen LogP contribution is -2.46. The second-order valence-electron chi connectivity index (χ2n) is 20.7. The highest BCUT2D eigenvalue weighted by atomic mass is 19.1. The highest BCUT2D eigenvalue weighted by Gasteiger charge is 2.47. The quantitative estimate of drug-likeness (QED) is 0.109. The summed E-state index contributed by atoms with van der Waals surface area (Å²) in [6.07, 6.45) is 17.7. The smallest absolute Gasteiger partial charge is 0.329 e. The van der Waals surface area contributed by atoms with Gasteiger partial charge in [-0.25, -0.2) is 13.6 Å². The van der Waals surface area contributed by atoms with Gasteiger partial charge in [-0.1, -0.05) is 42.3 Å². The minimum atomic E-state index is -0.963. The molecule has 1 spiro atoms. The first-order valence-electron chi connectivity index (χ1n) is 24.2. The van der Waals surface area contributed by atoms with Crippen molar-refractivity contribution in [1.82, 2.24) is 34.3 Å². The van der Waals surface area contributed by atoms with Crippen molar-refractivity contribution in [2.45, 2.75) is 102 Å². The lowest BCUT2D eigenvalue weighted by Gasteiger charge is -2.46. The molecule has 68 heavy (non-hydrogen) atoms. The molecule has 3 aromatic heterocycles. The van der Waals surface area contributed by atoms with Crippen molar-refractivity contribution in [3.05, 3.63) is 88.0 Å². The number of para-hydroxylation sites is 1. The number of halogens is 2. The number of hydrogen-bond acceptors (Lipinski definition) is 10. The second-order valence-corrected chi connectivity index (χ2v) is 20.7. The second kappa shape index (κ2) is 16.8. The van der Waals surface area contributed by atoms with Crippen LogP contribution in [0.3, 0.4) is 0 Å². The Morgan fingerprint density at radius 3 is 2.46 bits per heavy atom. The summed E-state index contributed by atoms with van der Waals surface area (Å²) in [6.45, 7) is 5.97. The summed E-state index contributed by atoms with van der Waals surface area (Å²) in [5.74, 6) is 1.21. The van der Waals surface area contributed by atoms with Gasteiger partial charge in [0.25, 0.3) is 0 Å². The van der Waals surface area contributed by atoms with Gasteiger partial charge < -0.3 is 19.6 Å². The van der Waals surface area contributed by atoms with E-state index < -0.39 is 29.2 Å². The number of likely N-dealkylation sites (tertiary alicyclic amines) is 1. The molecule has 3 aromatic carbocycles. The molecule has 1 unspecified atom stereocenters. The summed E-state index contributed by atoms with van der Waals surface area (Å²) in [4.78, 5) is 57.0. The number of hydrogen-bond donors (Lipinski definition) is 2. The molecule has 0 bridgehead atoms. The molecule has 13 nitrogen and oxygen atoms in total. The highest BCUT2D eigenvalue weighted by Crippen LogP contribution is 2.52. The molecule has 5 fully saturated rings. The normalized spacial score (nSPS) is 23.1. The Hall–Kier alpha value is -6.24. The number of terminal acetylenes is 1. The van der Waals surface area contributed by atoms with Crippen LogP contribution in [0.5, 0.6) is 6.01 Å². The van der Waals surface area contributed by atoms with E-state index in [1.165, 1.54) is 6.07 Å². The molecule has 2 atom stereocenters. The zero-order chi connectivity index (χ0) is 47.1. The van der Waals surface area contributed by atoms with Crippen LogP contribution in [-0.4, -0.2) is 90.8 Å². The Balaban J connectivity index is 0.787. The van der Waals surface area contributed by atoms with Gasteiger partial charge in [-0.2, -0.15) is 9.97 Å². The van der Waals surface area contributed by atoms with E-state index in [2.05, 4.69) is 27.2 Å². The van der Waals surface area contributed by atoms with Gasteiger partial charge in [0, 0.05) is 55.7 Å². The van der Waals surface area contributed by atoms with E-state index >= 15 is 8.78 Å². The maximum Gasteiger partial charge on any atom is 0.329 e. The van der Waals surface area contributed by atoms with E-state index in [-0.39, 0.29) is 51.6 Å². The number of pyridine rings is 1. The zero-order valence-electron chi connectivity index (χ0n) is 38.6. The third kappa shape index (κ3) is 7.79. The number of aromatic nitrogens is 5. The molecule has 5 aliphatic rings. The Bertz CT molecular complexity index is 3130. The lowest BCUT2D eigenvalue weighted by molar-refractivity contribution is -0.135. The number of anilines is 1. The monoisotopic (exact) mass is 922 g/mol. The largest absolute Gasteiger partial charge is 0.463 e. The molecule has 2 aliphatic carbocycles. The molecule has 6 heterocycles. The molecule has 2 amide bonds. The van der Waals surface area contributed by atoms with Crippen molar-refractivity contribution in [1.29, 1.82) is 0 Å². The number of amides is 2. The molecule has 0 radical (unpaired) electrons. The average Bonchev–Trinajstić information content (AvgIpc) is 4.05. The van der Waals surface area contributed by atoms with E-state index in [4.69, 9.17) is 21.1 Å². The summed E-state index contributed by atoms with van der Waals surface area (Å²) in [5, 5.41) is 15.0. The van der Waals surface area contributed by atoms with E-state index in [9.17, 15) is 19.5 Å². The number of nitrogens with zero attached hydrogens (tertiary/aromatic N) is 7. The molecule has 2 saturated carbocycles. The summed E-state index contributed by atoms with van der Waals surface area (Å²) in [7, 11) is 1.78. The van der Waals surface area contributed by atoms with Gasteiger partial charge in [0.05, 0.1) is 34.2 Å². The third-order valence-corrected chi connectivity index (χ3v) is 16.1. The first kappa shape index (κ1) is 44.3. The molecular formula is C53H56F2N8O5. The van der Waals surface area contributed by atoms with Crippen molar-refractivity contribution in [3.8, 4) is 29.6 Å². The summed E-state index contributed by atoms with van der Waals surface area (Å²) in [6, 6.07) is 13.6. The zero-order valence-corrected chi connectivity index (χ0v) is 38.6. The maximum atomic E-state index is 17.1. The van der Waals surface area contributed by atoms with Crippen LogP contribution in [0.25, 0.3) is 44.0 Å². The number of imidazole rings is 1. The molecule has 3 saturated heterocycles. The summed E-state index contributed by atoms with van der Waals surface area (Å²) in [5.41, 5.74) is 2.19. The number of β-amino-alcohol motifs (C(OH)–C–C–N with tert-alkyl or cyclic N) is 1. The summed E-state index contributed by atoms with van der Waals surface area (Å²) < 4.78 is 41.8. The SMILES string of the molecule is C#Cc1c(F)ccc2cccc(-c3ncc4c(N5CCC[C@@](C)(O)C5)nc(OCC5(CN6CCC7(CCC(c8cccc9c8n(C)c(=O)n9C8CCC(=O)NC8=O)CC7)CC6)CC5)nc4c3F)c12. The van der Waals surface area contributed by atoms with Crippen LogP contribution in [0.1, 0.15) is 107 Å². The molecule has 352 valence electrons. The number of imide groups is 1. The fourth-order valence-electron chi connectivity index (χ4n) is 12.1. The average molecular weight is 923 g/mol. The van der Waals surface area contributed by atoms with Gasteiger partial charge in [0.1, 0.15) is 28.9 Å². The van der Waals surface area contributed by atoms with Gasteiger partial charge in [-0.3, -0.25) is 29.0 Å². The lowest BCUT2D eigenvalue weighted by atomic mass is 9.64. The number of fused-ring (bicyclic) bond motifs is 3. The molecule has 2 N–H and O–H groups in total. The molecule has 11 rings (SSSR count). The van der Waals surface area contributed by atoms with Crippen molar-refractivity contribution in [2.75, 3.05) is 44.2 Å². The molecule has 6 aromatic rings. The Morgan fingerprint density at radius 1 is 0.941 bits per heavy atom. The van der Waals surface area contributed by atoms with E-state index in [1.807, 2.05) is 17.0 Å². The van der Waals surface area contributed by atoms with Crippen molar-refractivity contribution in [3.63, 3.8) is 0 Å². The van der Waals surface area contributed by atoms with E-state index in [0.29, 0.717) is 66.0 Å². The van der Waals surface area contributed by atoms with Crippen LogP contribution in [0.2, 0.25) is 0 Å². The third-order valence-electron chi connectivity index (χ3n) is 16.1. The Kier molecular flexibility index (Phi) is 10.9. The standard InChI is InChI=1S/C53H56F2N8O5/c1-4-34-38(54)13-12-33-8-5-10-36(42(33)34)44-43(55)45-37(28-56-44)47(62-25-7-18-51(2,67)29-62)59-49(58-45)68-31-53(21-22-53)30-61-26-23-52(24-27-61)19-16-32(17-20-52)35-9-6-11-39-46(35)60(3)50(66)63(39)40-14-15-41(64)57-48(40)65/h1,5-6,8-13,28,32,40,67H,7,14-27,29-31H2,2-3H3,(H,57,64,65)/t40?,51-/m1/s1. The fourth-order valence-corrected chi connectivity index (χ4v) is 12.1.